The molecular weight excluding hydrogens is 300 g/mol. The van der Waals surface area contributed by atoms with E-state index in [4.69, 9.17) is 9.47 Å². The first-order chi connectivity index (χ1) is 11.2. The summed E-state index contributed by atoms with van der Waals surface area (Å²) in [5, 5.41) is 11.5. The molecule has 8 heteroatoms. The van der Waals surface area contributed by atoms with Crippen molar-refractivity contribution in [3.63, 3.8) is 0 Å². The smallest absolute Gasteiger partial charge is 0.373 e. The summed E-state index contributed by atoms with van der Waals surface area (Å²) in [6.07, 6.45) is 3.28. The predicted molar refractivity (Wildman–Crippen MR) is 83.2 cm³/mol. The number of hydrogen-bond acceptors (Lipinski definition) is 7. The van der Waals surface area contributed by atoms with Crippen LogP contribution in [-0.4, -0.2) is 35.1 Å². The third kappa shape index (κ3) is 3.15. The molecule has 0 radical (unpaired) electrons. The normalized spacial score (nSPS) is 13.9. The molecule has 0 N–H and O–H groups in total. The van der Waals surface area contributed by atoms with Gasteiger partial charge in [-0.05, 0) is 37.1 Å². The molecule has 1 aliphatic rings. The van der Waals surface area contributed by atoms with Gasteiger partial charge in [-0.2, -0.15) is 4.98 Å². The second-order valence-electron chi connectivity index (χ2n) is 5.08. The van der Waals surface area contributed by atoms with Crippen molar-refractivity contribution >= 4 is 11.5 Å². The molecule has 1 fully saturated rings. The van der Waals surface area contributed by atoms with Crippen LogP contribution in [0.4, 0.5) is 11.5 Å². The monoisotopic (exact) mass is 316 g/mol. The number of hydrogen-bond donors (Lipinski definition) is 0. The number of aromatic nitrogens is 2. The van der Waals surface area contributed by atoms with Crippen LogP contribution in [0, 0.1) is 10.1 Å². The van der Waals surface area contributed by atoms with Crippen LogP contribution in [0.15, 0.2) is 30.6 Å². The van der Waals surface area contributed by atoms with Crippen molar-refractivity contribution in [1.82, 2.24) is 9.97 Å². The highest BCUT2D eigenvalue weighted by molar-refractivity contribution is 5.63. The number of benzene rings is 1. The van der Waals surface area contributed by atoms with Crippen molar-refractivity contribution in [3.8, 4) is 17.4 Å². The largest absolute Gasteiger partial charge is 0.497 e. The summed E-state index contributed by atoms with van der Waals surface area (Å²) >= 11 is 0. The van der Waals surface area contributed by atoms with Gasteiger partial charge in [-0.1, -0.05) is 0 Å². The van der Waals surface area contributed by atoms with E-state index in [1.165, 1.54) is 6.33 Å². The van der Waals surface area contributed by atoms with Crippen molar-refractivity contribution in [2.24, 2.45) is 0 Å². The van der Waals surface area contributed by atoms with Crippen molar-refractivity contribution < 1.29 is 14.4 Å². The van der Waals surface area contributed by atoms with Crippen LogP contribution < -0.4 is 14.4 Å². The highest BCUT2D eigenvalue weighted by Gasteiger charge is 2.29. The van der Waals surface area contributed by atoms with Crippen molar-refractivity contribution in [2.75, 3.05) is 25.1 Å². The molecule has 0 bridgehead atoms. The van der Waals surface area contributed by atoms with E-state index in [2.05, 4.69) is 9.97 Å². The van der Waals surface area contributed by atoms with Crippen LogP contribution in [0.5, 0.6) is 17.4 Å². The van der Waals surface area contributed by atoms with Crippen LogP contribution >= 0.6 is 0 Å². The summed E-state index contributed by atoms with van der Waals surface area (Å²) < 4.78 is 10.7. The first-order valence-corrected chi connectivity index (χ1v) is 7.25. The zero-order valence-corrected chi connectivity index (χ0v) is 12.6. The number of nitro groups is 1. The van der Waals surface area contributed by atoms with E-state index in [1.807, 2.05) is 4.90 Å². The van der Waals surface area contributed by atoms with E-state index in [1.54, 1.807) is 31.4 Å². The van der Waals surface area contributed by atoms with Gasteiger partial charge in [0, 0.05) is 13.1 Å². The van der Waals surface area contributed by atoms with E-state index in [-0.39, 0.29) is 11.6 Å². The Morgan fingerprint density at radius 2 is 1.78 bits per heavy atom. The molecule has 1 aromatic heterocycles. The van der Waals surface area contributed by atoms with Gasteiger partial charge >= 0.3 is 11.6 Å². The molecule has 8 nitrogen and oxygen atoms in total. The van der Waals surface area contributed by atoms with Gasteiger partial charge in [-0.3, -0.25) is 10.1 Å². The Labute approximate surface area is 132 Å². The third-order valence-electron chi connectivity index (χ3n) is 3.63. The minimum Gasteiger partial charge on any atom is -0.497 e. The number of nitrogens with zero attached hydrogens (tertiary/aromatic N) is 4. The van der Waals surface area contributed by atoms with Gasteiger partial charge in [-0.25, -0.2) is 4.98 Å². The van der Waals surface area contributed by atoms with Crippen LogP contribution in [-0.2, 0) is 0 Å². The van der Waals surface area contributed by atoms with Crippen LogP contribution in [0.25, 0.3) is 0 Å². The van der Waals surface area contributed by atoms with Crippen LogP contribution in [0.3, 0.4) is 0 Å². The Hall–Kier alpha value is -2.90. The van der Waals surface area contributed by atoms with E-state index in [0.717, 1.165) is 25.9 Å². The molecular formula is C15H16N4O4. The predicted octanol–water partition coefficient (Wildman–Crippen LogP) is 2.79. The summed E-state index contributed by atoms with van der Waals surface area (Å²) in [7, 11) is 1.56. The number of anilines is 1. The molecule has 1 aliphatic heterocycles. The minimum absolute atomic E-state index is 0.0583. The molecule has 0 saturated carbocycles. The molecule has 1 aromatic carbocycles. The highest BCUT2D eigenvalue weighted by Crippen LogP contribution is 2.37. The van der Waals surface area contributed by atoms with E-state index < -0.39 is 4.92 Å². The third-order valence-corrected chi connectivity index (χ3v) is 3.63. The fourth-order valence-electron chi connectivity index (χ4n) is 2.50. The molecule has 2 aromatic rings. The molecule has 0 atom stereocenters. The molecule has 1 saturated heterocycles. The van der Waals surface area contributed by atoms with Crippen LogP contribution in [0.1, 0.15) is 12.8 Å². The van der Waals surface area contributed by atoms with E-state index in [0.29, 0.717) is 17.3 Å². The fraction of sp³-hybridized carbons (Fsp3) is 0.333. The Morgan fingerprint density at radius 3 is 2.39 bits per heavy atom. The molecule has 2 heterocycles. The number of rotatable bonds is 5. The average Bonchev–Trinajstić information content (AvgIpc) is 3.09. The molecule has 120 valence electrons. The second-order valence-corrected chi connectivity index (χ2v) is 5.08. The first-order valence-electron chi connectivity index (χ1n) is 7.25. The van der Waals surface area contributed by atoms with E-state index in [9.17, 15) is 10.1 Å². The van der Waals surface area contributed by atoms with Crippen molar-refractivity contribution in [3.05, 3.63) is 40.7 Å². The van der Waals surface area contributed by atoms with Gasteiger partial charge in [0.15, 0.2) is 0 Å². The molecule has 0 unspecified atom stereocenters. The van der Waals surface area contributed by atoms with Gasteiger partial charge in [0.25, 0.3) is 0 Å². The molecule has 23 heavy (non-hydrogen) atoms. The second kappa shape index (κ2) is 6.47. The minimum atomic E-state index is -0.494. The first kappa shape index (κ1) is 15.0. The van der Waals surface area contributed by atoms with Gasteiger partial charge in [0.2, 0.25) is 5.82 Å². The lowest BCUT2D eigenvalue weighted by molar-refractivity contribution is -0.385. The van der Waals surface area contributed by atoms with Crippen molar-refractivity contribution in [1.29, 1.82) is 0 Å². The maximum absolute atomic E-state index is 11.5. The Bertz CT molecular complexity index is 699. The Kier molecular flexibility index (Phi) is 4.22. The quantitative estimate of drug-likeness (QED) is 0.618. The molecule has 0 aliphatic carbocycles. The zero-order valence-electron chi connectivity index (χ0n) is 12.6. The van der Waals surface area contributed by atoms with Gasteiger partial charge in [0.1, 0.15) is 17.8 Å². The average molecular weight is 316 g/mol. The molecule has 3 rings (SSSR count). The standard InChI is InChI=1S/C15H16N4O4/c1-22-11-4-6-12(7-5-11)23-15-13(19(20)21)14(16-10-17-15)18-8-2-3-9-18/h4-7,10H,2-3,8-9H2,1H3. The number of ether oxygens (including phenoxy) is 2. The summed E-state index contributed by atoms with van der Waals surface area (Å²) in [6, 6.07) is 6.76. The highest BCUT2D eigenvalue weighted by atomic mass is 16.6. The Morgan fingerprint density at radius 1 is 1.13 bits per heavy atom. The fourth-order valence-corrected chi connectivity index (χ4v) is 2.50. The SMILES string of the molecule is COc1ccc(Oc2ncnc(N3CCCC3)c2[N+](=O)[O-])cc1. The zero-order chi connectivity index (χ0) is 16.2. The lowest BCUT2D eigenvalue weighted by atomic mass is 10.3. The summed E-state index contributed by atoms with van der Waals surface area (Å²) in [5.41, 5.74) is -0.204. The molecule has 0 spiro atoms. The lowest BCUT2D eigenvalue weighted by Crippen LogP contribution is -2.20. The number of methoxy groups -OCH3 is 1. The molecule has 0 amide bonds. The summed E-state index contributed by atoms with van der Waals surface area (Å²) in [4.78, 5) is 20.9. The van der Waals surface area contributed by atoms with Gasteiger partial charge in [0.05, 0.1) is 12.0 Å². The van der Waals surface area contributed by atoms with Gasteiger partial charge < -0.3 is 14.4 Å². The summed E-state index contributed by atoms with van der Waals surface area (Å²) in [5.74, 6) is 1.37. The Balaban J connectivity index is 1.94. The lowest BCUT2D eigenvalue weighted by Gasteiger charge is -2.16. The van der Waals surface area contributed by atoms with Crippen LogP contribution in [0.2, 0.25) is 0 Å². The topological polar surface area (TPSA) is 90.6 Å². The summed E-state index contributed by atoms with van der Waals surface area (Å²) in [6.45, 7) is 1.50. The van der Waals surface area contributed by atoms with E-state index >= 15 is 0 Å². The maximum Gasteiger partial charge on any atom is 0.373 e. The van der Waals surface area contributed by atoms with Crippen molar-refractivity contribution in [2.45, 2.75) is 12.8 Å². The van der Waals surface area contributed by atoms with Gasteiger partial charge in [-0.15, -0.1) is 0 Å². The maximum atomic E-state index is 11.5.